The number of thioether (sulfide) groups is 1. The predicted octanol–water partition coefficient (Wildman–Crippen LogP) is 1.39. The fourth-order valence-corrected chi connectivity index (χ4v) is 2.65. The number of pyridine rings is 1. The first-order valence-corrected chi connectivity index (χ1v) is 6.36. The van der Waals surface area contributed by atoms with E-state index in [1.54, 1.807) is 18.0 Å². The maximum absolute atomic E-state index is 11.5. The Labute approximate surface area is 104 Å². The average Bonchev–Trinajstić information content (AvgIpc) is 2.85. The van der Waals surface area contributed by atoms with Crippen LogP contribution in [0.15, 0.2) is 29.5 Å². The number of hydrogen-bond acceptors (Lipinski definition) is 6. The number of methoxy groups -OCH3 is 1. The van der Waals surface area contributed by atoms with Crippen LogP contribution in [0.5, 0.6) is 0 Å². The van der Waals surface area contributed by atoms with E-state index in [9.17, 15) is 4.79 Å². The fraction of sp³-hybridized carbons (Fsp3) is 0.364. The number of hydrogen-bond donors (Lipinski definition) is 1. The van der Waals surface area contributed by atoms with Crippen molar-refractivity contribution in [2.45, 2.75) is 0 Å². The number of ether oxygens (including phenoxy) is 1. The molecule has 1 aliphatic heterocycles. The zero-order valence-electron chi connectivity index (χ0n) is 9.42. The van der Waals surface area contributed by atoms with Gasteiger partial charge in [-0.1, -0.05) is 6.07 Å². The van der Waals surface area contributed by atoms with Gasteiger partial charge in [0.2, 0.25) is 0 Å². The molecule has 0 radical (unpaired) electrons. The molecular weight excluding hydrogens is 238 g/mol. The molecule has 2 rings (SSSR count). The molecule has 0 spiro atoms. The molecule has 1 unspecified atom stereocenters. The van der Waals surface area contributed by atoms with Crippen LogP contribution in [0.2, 0.25) is 0 Å². The Kier molecular flexibility index (Phi) is 3.98. The summed E-state index contributed by atoms with van der Waals surface area (Å²) in [6.07, 6.45) is 1.68. The second-order valence-corrected chi connectivity index (χ2v) is 4.55. The summed E-state index contributed by atoms with van der Waals surface area (Å²) in [5.41, 5.74) is 3.66. The number of nitrogens with one attached hydrogen (secondary N) is 1. The fourth-order valence-electron chi connectivity index (χ4n) is 1.49. The Balaban J connectivity index is 2.04. The molecule has 0 bridgehead atoms. The van der Waals surface area contributed by atoms with Crippen molar-refractivity contribution >= 4 is 29.3 Å². The zero-order valence-corrected chi connectivity index (χ0v) is 10.2. The third kappa shape index (κ3) is 2.97. The van der Waals surface area contributed by atoms with Gasteiger partial charge in [0.05, 0.1) is 12.8 Å². The van der Waals surface area contributed by atoms with Crippen molar-refractivity contribution in [1.82, 2.24) is 4.98 Å². The molecule has 0 aliphatic carbocycles. The van der Waals surface area contributed by atoms with E-state index in [2.05, 4.69) is 15.5 Å². The molecule has 1 fully saturated rings. The van der Waals surface area contributed by atoms with Crippen LogP contribution in [0, 0.1) is 5.92 Å². The van der Waals surface area contributed by atoms with Crippen LogP contribution in [0.4, 0.5) is 5.82 Å². The van der Waals surface area contributed by atoms with Gasteiger partial charge in [0, 0.05) is 17.7 Å². The van der Waals surface area contributed by atoms with Gasteiger partial charge >= 0.3 is 5.97 Å². The Bertz CT molecular complexity index is 422. The van der Waals surface area contributed by atoms with Crippen molar-refractivity contribution in [3.8, 4) is 0 Å². The van der Waals surface area contributed by atoms with E-state index in [1.807, 2.05) is 18.2 Å². The maximum atomic E-state index is 11.5. The van der Waals surface area contributed by atoms with Crippen molar-refractivity contribution in [3.05, 3.63) is 24.4 Å². The molecule has 1 aliphatic rings. The van der Waals surface area contributed by atoms with E-state index in [0.717, 1.165) is 17.2 Å². The minimum absolute atomic E-state index is 0.225. The molecule has 1 aromatic heterocycles. The second-order valence-electron chi connectivity index (χ2n) is 3.52. The van der Waals surface area contributed by atoms with Crippen LogP contribution < -0.4 is 5.43 Å². The highest BCUT2D eigenvalue weighted by atomic mass is 32.2. The van der Waals surface area contributed by atoms with E-state index in [-0.39, 0.29) is 11.9 Å². The summed E-state index contributed by atoms with van der Waals surface area (Å²) in [6.45, 7) is 0. The second kappa shape index (κ2) is 5.67. The summed E-state index contributed by atoms with van der Waals surface area (Å²) in [5.74, 6) is 1.69. The minimum atomic E-state index is -0.235. The van der Waals surface area contributed by atoms with Gasteiger partial charge in [-0.15, -0.1) is 0 Å². The SMILES string of the molecule is COC(=O)C1CSC/C1=N/Nc1ccccn1. The quantitative estimate of drug-likeness (QED) is 0.649. The van der Waals surface area contributed by atoms with Gasteiger partial charge in [-0.2, -0.15) is 16.9 Å². The Morgan fingerprint density at radius 3 is 3.24 bits per heavy atom. The van der Waals surface area contributed by atoms with E-state index in [4.69, 9.17) is 4.74 Å². The lowest BCUT2D eigenvalue weighted by Crippen LogP contribution is -2.24. The van der Waals surface area contributed by atoms with Crippen LogP contribution in [0.1, 0.15) is 0 Å². The summed E-state index contributed by atoms with van der Waals surface area (Å²) < 4.78 is 4.74. The van der Waals surface area contributed by atoms with Crippen molar-refractivity contribution < 1.29 is 9.53 Å². The molecule has 0 saturated carbocycles. The van der Waals surface area contributed by atoms with E-state index >= 15 is 0 Å². The number of nitrogens with zero attached hydrogens (tertiary/aromatic N) is 2. The minimum Gasteiger partial charge on any atom is -0.468 e. The molecule has 0 aromatic carbocycles. The van der Waals surface area contributed by atoms with E-state index in [1.165, 1.54) is 7.11 Å². The normalized spacial score (nSPS) is 21.5. The third-order valence-corrected chi connectivity index (χ3v) is 3.47. The topological polar surface area (TPSA) is 63.6 Å². The summed E-state index contributed by atoms with van der Waals surface area (Å²) in [7, 11) is 1.40. The Morgan fingerprint density at radius 1 is 1.65 bits per heavy atom. The smallest absolute Gasteiger partial charge is 0.315 e. The van der Waals surface area contributed by atoms with E-state index in [0.29, 0.717) is 5.82 Å². The third-order valence-electron chi connectivity index (χ3n) is 2.40. The number of carbonyl (C=O) groups is 1. The number of carbonyl (C=O) groups excluding carboxylic acids is 1. The number of hydrazone groups is 1. The number of aromatic nitrogens is 1. The Morgan fingerprint density at radius 2 is 2.53 bits per heavy atom. The summed E-state index contributed by atoms with van der Waals surface area (Å²) in [4.78, 5) is 15.6. The molecule has 17 heavy (non-hydrogen) atoms. The molecule has 2 heterocycles. The first-order chi connectivity index (χ1) is 8.31. The molecule has 1 N–H and O–H groups in total. The molecular formula is C11H13N3O2S. The summed E-state index contributed by atoms with van der Waals surface area (Å²) >= 11 is 1.68. The highest BCUT2D eigenvalue weighted by Gasteiger charge is 2.30. The Hall–Kier alpha value is -1.56. The van der Waals surface area contributed by atoms with Gasteiger partial charge in [0.1, 0.15) is 11.7 Å². The van der Waals surface area contributed by atoms with Crippen LogP contribution in [-0.4, -0.2) is 35.3 Å². The lowest BCUT2D eigenvalue weighted by molar-refractivity contribution is -0.142. The zero-order chi connectivity index (χ0) is 12.1. The summed E-state index contributed by atoms with van der Waals surface area (Å²) in [6, 6.07) is 5.52. The molecule has 5 nitrogen and oxygen atoms in total. The van der Waals surface area contributed by atoms with Crippen LogP contribution in [0.3, 0.4) is 0 Å². The van der Waals surface area contributed by atoms with Crippen molar-refractivity contribution in [2.75, 3.05) is 24.0 Å². The van der Waals surface area contributed by atoms with Gasteiger partial charge in [-0.05, 0) is 12.1 Å². The van der Waals surface area contributed by atoms with Crippen molar-refractivity contribution in [2.24, 2.45) is 11.0 Å². The number of anilines is 1. The molecule has 0 amide bonds. The van der Waals surface area contributed by atoms with Gasteiger partial charge < -0.3 is 4.74 Å². The highest BCUT2D eigenvalue weighted by Crippen LogP contribution is 2.22. The number of esters is 1. The van der Waals surface area contributed by atoms with Crippen molar-refractivity contribution in [1.29, 1.82) is 0 Å². The summed E-state index contributed by atoms with van der Waals surface area (Å²) in [5, 5.41) is 4.23. The van der Waals surface area contributed by atoms with Gasteiger partial charge in [0.15, 0.2) is 0 Å². The lowest BCUT2D eigenvalue weighted by Gasteiger charge is -2.07. The average molecular weight is 251 g/mol. The predicted molar refractivity (Wildman–Crippen MR) is 68.1 cm³/mol. The molecule has 90 valence electrons. The monoisotopic (exact) mass is 251 g/mol. The van der Waals surface area contributed by atoms with Crippen molar-refractivity contribution in [3.63, 3.8) is 0 Å². The maximum Gasteiger partial charge on any atom is 0.315 e. The molecule has 1 saturated heterocycles. The van der Waals surface area contributed by atoms with Crippen LogP contribution >= 0.6 is 11.8 Å². The van der Waals surface area contributed by atoms with Crippen LogP contribution in [0.25, 0.3) is 0 Å². The molecule has 1 aromatic rings. The first-order valence-electron chi connectivity index (χ1n) is 5.20. The first kappa shape index (κ1) is 11.9. The van der Waals surface area contributed by atoms with Gasteiger partial charge in [0.25, 0.3) is 0 Å². The van der Waals surface area contributed by atoms with Crippen LogP contribution in [-0.2, 0) is 9.53 Å². The van der Waals surface area contributed by atoms with Gasteiger partial charge in [-0.3, -0.25) is 10.2 Å². The largest absolute Gasteiger partial charge is 0.468 e. The van der Waals surface area contributed by atoms with Gasteiger partial charge in [-0.25, -0.2) is 4.98 Å². The number of rotatable bonds is 3. The molecule has 6 heteroatoms. The molecule has 1 atom stereocenters. The highest BCUT2D eigenvalue weighted by molar-refractivity contribution is 8.00. The van der Waals surface area contributed by atoms with E-state index < -0.39 is 0 Å². The lowest BCUT2D eigenvalue weighted by atomic mass is 10.1. The standard InChI is InChI=1S/C11H13N3O2S/c1-16-11(15)8-6-17-7-9(8)13-14-10-4-2-3-5-12-10/h2-5,8H,6-7H2,1H3,(H,12,14)/b13-9-.